The van der Waals surface area contributed by atoms with Gasteiger partial charge in [0.05, 0.1) is 13.2 Å². The first-order chi connectivity index (χ1) is 14.0. The van der Waals surface area contributed by atoms with Crippen molar-refractivity contribution in [3.05, 3.63) is 47.2 Å². The van der Waals surface area contributed by atoms with Crippen LogP contribution in [0.2, 0.25) is 0 Å². The van der Waals surface area contributed by atoms with Gasteiger partial charge in [0.15, 0.2) is 0 Å². The lowest BCUT2D eigenvalue weighted by Crippen LogP contribution is -2.70. The Morgan fingerprint density at radius 1 is 1.34 bits per heavy atom. The molecule has 4 bridgehead atoms. The molecule has 1 N–H and O–H groups in total. The highest BCUT2D eigenvalue weighted by atomic mass is 16.5. The predicted molar refractivity (Wildman–Crippen MR) is 108 cm³/mol. The Balaban J connectivity index is 1.69. The molecule has 5 heterocycles. The highest BCUT2D eigenvalue weighted by Gasteiger charge is 2.65. The summed E-state index contributed by atoms with van der Waals surface area (Å²) in [5.74, 6) is -0.648. The molecule has 5 atom stereocenters. The molecule has 6 heteroatoms. The second-order valence-electron chi connectivity index (χ2n) is 8.43. The number of allylic oxidation sites excluding steroid dienone is 1. The van der Waals surface area contributed by atoms with Crippen molar-refractivity contribution in [2.45, 2.75) is 38.8 Å². The number of fused-ring (bicyclic) bond motifs is 4. The molecule has 4 aliphatic rings. The van der Waals surface area contributed by atoms with Gasteiger partial charge in [0.25, 0.3) is 0 Å². The largest absolute Gasteiger partial charge is 0.468 e. The fourth-order valence-electron chi connectivity index (χ4n) is 6.08. The monoisotopic (exact) mass is 394 g/mol. The van der Waals surface area contributed by atoms with Crippen molar-refractivity contribution in [1.29, 1.82) is 0 Å². The maximum atomic E-state index is 13.3. The zero-order valence-corrected chi connectivity index (χ0v) is 17.0. The summed E-state index contributed by atoms with van der Waals surface area (Å²) in [5.41, 5.74) is 4.04. The zero-order chi connectivity index (χ0) is 20.3. The maximum absolute atomic E-state index is 13.3. The number of nitrogens with one attached hydrogen (secondary N) is 1. The molecule has 0 aliphatic carbocycles. The third-order valence-corrected chi connectivity index (χ3v) is 7.32. The Hall–Kier alpha value is -2.60. The van der Waals surface area contributed by atoms with Gasteiger partial charge in [-0.1, -0.05) is 29.8 Å². The number of benzene rings is 1. The summed E-state index contributed by atoms with van der Waals surface area (Å²) in [6.45, 7) is 4.31. The van der Waals surface area contributed by atoms with Crippen LogP contribution in [0.4, 0.5) is 0 Å². The highest BCUT2D eigenvalue weighted by molar-refractivity contribution is 5.86. The van der Waals surface area contributed by atoms with E-state index in [1.165, 1.54) is 36.3 Å². The number of hydrogen-bond donors (Lipinski definition) is 1. The van der Waals surface area contributed by atoms with Crippen molar-refractivity contribution in [2.75, 3.05) is 20.3 Å². The summed E-state index contributed by atoms with van der Waals surface area (Å²) >= 11 is 0. The van der Waals surface area contributed by atoms with Crippen LogP contribution in [0.3, 0.4) is 0 Å². The molecule has 0 saturated carbocycles. The molecular weight excluding hydrogens is 368 g/mol. The third kappa shape index (κ3) is 2.38. The molecular formula is C23H26N2O4. The first kappa shape index (κ1) is 18.4. The van der Waals surface area contributed by atoms with Crippen LogP contribution in [-0.2, 0) is 25.5 Å². The quantitative estimate of drug-likeness (QED) is 0.640. The molecule has 3 saturated heterocycles. The number of H-pyrrole nitrogens is 1. The van der Waals surface area contributed by atoms with Gasteiger partial charge in [-0.3, -0.25) is 14.5 Å². The average molecular weight is 394 g/mol. The normalized spacial score (nSPS) is 33.6. The molecule has 29 heavy (non-hydrogen) atoms. The van der Waals surface area contributed by atoms with Gasteiger partial charge in [-0.2, -0.15) is 0 Å². The summed E-state index contributed by atoms with van der Waals surface area (Å²) in [4.78, 5) is 31.1. The lowest BCUT2D eigenvalue weighted by atomic mass is 9.55. The van der Waals surface area contributed by atoms with Crippen LogP contribution in [0.1, 0.15) is 37.6 Å². The van der Waals surface area contributed by atoms with Crippen LogP contribution in [0.25, 0.3) is 10.9 Å². The SMILES string of the molecule is CC=C1CN2C3CC1C(COC(C)=O)(C(=O)OC)C2Cc1c3[nH]c2ccccc12. The average Bonchev–Trinajstić information content (AvgIpc) is 3.11. The van der Waals surface area contributed by atoms with Crippen molar-refractivity contribution in [3.63, 3.8) is 0 Å². The van der Waals surface area contributed by atoms with Crippen molar-refractivity contribution >= 4 is 22.8 Å². The van der Waals surface area contributed by atoms with E-state index < -0.39 is 5.41 Å². The summed E-state index contributed by atoms with van der Waals surface area (Å²) in [6.07, 6.45) is 3.66. The Morgan fingerprint density at radius 2 is 2.14 bits per heavy atom. The Morgan fingerprint density at radius 3 is 2.86 bits per heavy atom. The van der Waals surface area contributed by atoms with Gasteiger partial charge < -0.3 is 14.5 Å². The number of esters is 2. The molecule has 2 aromatic rings. The van der Waals surface area contributed by atoms with Gasteiger partial charge in [0, 0.05) is 42.0 Å². The van der Waals surface area contributed by atoms with E-state index in [1.54, 1.807) is 0 Å². The van der Waals surface area contributed by atoms with E-state index in [1.807, 2.05) is 13.0 Å². The number of methoxy groups -OCH3 is 1. The second-order valence-corrected chi connectivity index (χ2v) is 8.43. The lowest BCUT2D eigenvalue weighted by Gasteiger charge is -2.62. The molecule has 3 fully saturated rings. The number of aromatic amines is 1. The minimum absolute atomic E-state index is 0.00105. The molecule has 6 rings (SSSR count). The number of carbonyl (C=O) groups is 2. The van der Waals surface area contributed by atoms with E-state index >= 15 is 0 Å². The number of ether oxygens (including phenoxy) is 2. The van der Waals surface area contributed by atoms with Gasteiger partial charge >= 0.3 is 11.9 Å². The molecule has 0 amide bonds. The van der Waals surface area contributed by atoms with E-state index in [0.717, 1.165) is 24.9 Å². The van der Waals surface area contributed by atoms with Crippen molar-refractivity contribution in [2.24, 2.45) is 11.3 Å². The molecule has 1 aromatic heterocycles. The van der Waals surface area contributed by atoms with E-state index in [2.05, 4.69) is 34.2 Å². The summed E-state index contributed by atoms with van der Waals surface area (Å²) in [6, 6.07) is 8.52. The fraction of sp³-hybridized carbons (Fsp3) is 0.478. The summed E-state index contributed by atoms with van der Waals surface area (Å²) in [7, 11) is 1.43. The van der Waals surface area contributed by atoms with Crippen molar-refractivity contribution < 1.29 is 19.1 Å². The van der Waals surface area contributed by atoms with Gasteiger partial charge in [-0.05, 0) is 31.4 Å². The minimum Gasteiger partial charge on any atom is -0.468 e. The topological polar surface area (TPSA) is 71.6 Å². The standard InChI is InChI=1S/C23H26N2O4/c1-4-14-11-25-19-10-17(14)23(22(27)28-3,12-29-13(2)26)20(25)9-16-15-7-5-6-8-18(15)24-21(16)19/h4-8,17,19-20,24H,9-12H2,1-3H3. The van der Waals surface area contributed by atoms with E-state index in [9.17, 15) is 9.59 Å². The Bertz CT molecular complexity index is 1040. The molecule has 0 radical (unpaired) electrons. The lowest BCUT2D eigenvalue weighted by molar-refractivity contribution is -0.188. The van der Waals surface area contributed by atoms with Gasteiger partial charge in [-0.25, -0.2) is 0 Å². The minimum atomic E-state index is -0.882. The number of nitrogens with zero attached hydrogens (tertiary/aromatic N) is 1. The molecule has 152 valence electrons. The third-order valence-electron chi connectivity index (χ3n) is 7.32. The summed E-state index contributed by atoms with van der Waals surface area (Å²) < 4.78 is 10.8. The van der Waals surface area contributed by atoms with Gasteiger partial charge in [0.1, 0.15) is 12.0 Å². The van der Waals surface area contributed by atoms with Crippen LogP contribution < -0.4 is 0 Å². The Kier molecular flexibility index (Phi) is 4.10. The van der Waals surface area contributed by atoms with Crippen molar-refractivity contribution in [1.82, 2.24) is 9.88 Å². The van der Waals surface area contributed by atoms with Gasteiger partial charge in [-0.15, -0.1) is 0 Å². The number of para-hydroxylation sites is 1. The highest BCUT2D eigenvalue weighted by Crippen LogP contribution is 2.59. The van der Waals surface area contributed by atoms with E-state index in [-0.39, 0.29) is 36.5 Å². The smallest absolute Gasteiger partial charge is 0.317 e. The van der Waals surface area contributed by atoms with Crippen LogP contribution >= 0.6 is 0 Å². The van der Waals surface area contributed by atoms with Crippen LogP contribution in [0.15, 0.2) is 35.9 Å². The second kappa shape index (κ2) is 6.46. The van der Waals surface area contributed by atoms with Gasteiger partial charge in [0.2, 0.25) is 0 Å². The number of piperidine rings is 3. The number of aromatic nitrogens is 1. The van der Waals surface area contributed by atoms with Crippen LogP contribution in [0.5, 0.6) is 0 Å². The zero-order valence-electron chi connectivity index (χ0n) is 17.0. The van der Waals surface area contributed by atoms with E-state index in [4.69, 9.17) is 9.47 Å². The molecule has 4 aliphatic heterocycles. The Labute approximate surface area is 169 Å². The maximum Gasteiger partial charge on any atom is 0.317 e. The van der Waals surface area contributed by atoms with Crippen LogP contribution in [0, 0.1) is 11.3 Å². The van der Waals surface area contributed by atoms with Crippen molar-refractivity contribution in [3.8, 4) is 0 Å². The predicted octanol–water partition coefficient (Wildman–Crippen LogP) is 3.14. The molecule has 0 spiro atoms. The number of rotatable bonds is 3. The molecule has 1 aromatic carbocycles. The molecule has 5 unspecified atom stereocenters. The number of carbonyl (C=O) groups excluding carboxylic acids is 2. The van der Waals surface area contributed by atoms with E-state index in [0.29, 0.717) is 0 Å². The van der Waals surface area contributed by atoms with Crippen LogP contribution in [-0.4, -0.2) is 48.1 Å². The first-order valence-electron chi connectivity index (χ1n) is 10.2. The number of hydrogen-bond acceptors (Lipinski definition) is 5. The first-order valence-corrected chi connectivity index (χ1v) is 10.2. The summed E-state index contributed by atoms with van der Waals surface area (Å²) in [5, 5.41) is 1.22. The molecule has 6 nitrogen and oxygen atoms in total. The fourth-order valence-corrected chi connectivity index (χ4v) is 6.08.